The molecular weight excluding hydrogens is 408 g/mol. The fourth-order valence-electron chi connectivity index (χ4n) is 3.49. The number of carbonyl (C=O) groups excluding carboxylic acids is 2. The van der Waals surface area contributed by atoms with Gasteiger partial charge in [-0.3, -0.25) is 9.59 Å². The number of nitrogens with zero attached hydrogens (tertiary/aromatic N) is 1. The topological polar surface area (TPSA) is 95.9 Å². The molecule has 3 rings (SSSR count). The highest BCUT2D eigenvalue weighted by Gasteiger charge is 2.27. The van der Waals surface area contributed by atoms with Crippen molar-refractivity contribution in [2.45, 2.75) is 19.8 Å². The third-order valence-electron chi connectivity index (χ3n) is 5.03. The molecule has 0 aliphatic carbocycles. The molecule has 1 aliphatic rings. The molecule has 0 spiro atoms. The number of aromatic carboxylic acids is 1. The van der Waals surface area contributed by atoms with Crippen molar-refractivity contribution < 1.29 is 24.2 Å². The normalized spacial score (nSPS) is 14.3. The first kappa shape index (κ1) is 21.6. The number of halogens is 1. The van der Waals surface area contributed by atoms with E-state index in [1.807, 2.05) is 4.90 Å². The number of ether oxygens (including phenoxy) is 1. The molecule has 1 aliphatic heterocycles. The zero-order valence-electron chi connectivity index (χ0n) is 16.6. The van der Waals surface area contributed by atoms with Crippen LogP contribution < -0.4 is 10.2 Å². The highest BCUT2D eigenvalue weighted by molar-refractivity contribution is 6.31. The number of carboxylic acid groups (broad SMARTS) is 1. The third kappa shape index (κ3) is 5.10. The van der Waals surface area contributed by atoms with Crippen LogP contribution >= 0.6 is 11.6 Å². The molecular formula is C22H23ClN2O5. The third-order valence-corrected chi connectivity index (χ3v) is 5.27. The molecule has 1 amide bonds. The van der Waals surface area contributed by atoms with Gasteiger partial charge in [0, 0.05) is 23.7 Å². The summed E-state index contributed by atoms with van der Waals surface area (Å²) < 4.78 is 5.11. The molecule has 1 saturated heterocycles. The fourth-order valence-corrected chi connectivity index (χ4v) is 3.68. The Hall–Kier alpha value is -3.06. The molecule has 30 heavy (non-hydrogen) atoms. The maximum Gasteiger partial charge on any atom is 0.335 e. The van der Waals surface area contributed by atoms with Crippen molar-refractivity contribution in [3.05, 3.63) is 58.6 Å². The standard InChI is InChI=1S/C22H23ClN2O5/c1-2-30-22(29)14-8-10-25(11-9-14)19-7-6-16(21(27)28)13-18(19)24-20(26)15-4-3-5-17(23)12-15/h3-7,12-14H,2,8-11H2,1H3,(H,24,26)(H,27,28). The van der Waals surface area contributed by atoms with E-state index in [0.717, 1.165) is 0 Å². The van der Waals surface area contributed by atoms with Crippen molar-refractivity contribution in [1.82, 2.24) is 0 Å². The van der Waals surface area contributed by atoms with E-state index in [1.54, 1.807) is 37.3 Å². The van der Waals surface area contributed by atoms with E-state index in [4.69, 9.17) is 16.3 Å². The zero-order chi connectivity index (χ0) is 21.7. The summed E-state index contributed by atoms with van der Waals surface area (Å²) in [5.41, 5.74) is 1.55. The summed E-state index contributed by atoms with van der Waals surface area (Å²) in [4.78, 5) is 38.1. The molecule has 0 radical (unpaired) electrons. The van der Waals surface area contributed by atoms with Crippen molar-refractivity contribution >= 4 is 40.8 Å². The Morgan fingerprint density at radius 2 is 1.87 bits per heavy atom. The molecule has 8 heteroatoms. The van der Waals surface area contributed by atoms with Crippen LogP contribution in [0.3, 0.4) is 0 Å². The molecule has 1 fully saturated rings. The van der Waals surface area contributed by atoms with Gasteiger partial charge in [0.1, 0.15) is 0 Å². The number of carboxylic acids is 1. The number of amides is 1. The molecule has 7 nitrogen and oxygen atoms in total. The predicted molar refractivity (Wildman–Crippen MR) is 114 cm³/mol. The monoisotopic (exact) mass is 430 g/mol. The van der Waals surface area contributed by atoms with Gasteiger partial charge in [0.05, 0.1) is 29.5 Å². The number of hydrogen-bond acceptors (Lipinski definition) is 5. The van der Waals surface area contributed by atoms with Crippen LogP contribution in [0.5, 0.6) is 0 Å². The Bertz CT molecular complexity index is 954. The Labute approximate surface area is 179 Å². The average molecular weight is 431 g/mol. The maximum absolute atomic E-state index is 12.7. The smallest absolute Gasteiger partial charge is 0.335 e. The van der Waals surface area contributed by atoms with Crippen molar-refractivity contribution in [3.63, 3.8) is 0 Å². The Kier molecular flexibility index (Phi) is 6.95. The number of hydrogen-bond donors (Lipinski definition) is 2. The van der Waals surface area contributed by atoms with E-state index in [9.17, 15) is 19.5 Å². The van der Waals surface area contributed by atoms with Gasteiger partial charge in [-0.25, -0.2) is 4.79 Å². The minimum absolute atomic E-state index is 0.0709. The minimum Gasteiger partial charge on any atom is -0.478 e. The summed E-state index contributed by atoms with van der Waals surface area (Å²) >= 11 is 5.97. The van der Waals surface area contributed by atoms with Gasteiger partial charge in [0.25, 0.3) is 5.91 Å². The van der Waals surface area contributed by atoms with Gasteiger partial charge in [0.2, 0.25) is 0 Å². The largest absolute Gasteiger partial charge is 0.478 e. The quantitative estimate of drug-likeness (QED) is 0.670. The lowest BCUT2D eigenvalue weighted by atomic mass is 9.96. The summed E-state index contributed by atoms with van der Waals surface area (Å²) in [5.74, 6) is -1.81. The summed E-state index contributed by atoms with van der Waals surface area (Å²) in [5, 5.41) is 12.6. The lowest BCUT2D eigenvalue weighted by molar-refractivity contribution is -0.148. The van der Waals surface area contributed by atoms with Crippen molar-refractivity contribution in [2.75, 3.05) is 29.9 Å². The Morgan fingerprint density at radius 1 is 1.13 bits per heavy atom. The zero-order valence-corrected chi connectivity index (χ0v) is 17.3. The lowest BCUT2D eigenvalue weighted by Crippen LogP contribution is -2.37. The highest BCUT2D eigenvalue weighted by Crippen LogP contribution is 2.32. The Morgan fingerprint density at radius 3 is 2.50 bits per heavy atom. The second kappa shape index (κ2) is 9.63. The maximum atomic E-state index is 12.7. The van der Waals surface area contributed by atoms with Crippen LogP contribution in [0.25, 0.3) is 0 Å². The summed E-state index contributed by atoms with van der Waals surface area (Å²) in [6.45, 7) is 3.33. The van der Waals surface area contributed by atoms with Crippen LogP contribution in [-0.2, 0) is 9.53 Å². The summed E-state index contributed by atoms with van der Waals surface area (Å²) in [6.07, 6.45) is 1.25. The minimum atomic E-state index is -1.08. The molecule has 2 aromatic rings. The average Bonchev–Trinajstić information content (AvgIpc) is 2.74. The molecule has 0 aromatic heterocycles. The molecule has 2 N–H and O–H groups in total. The number of esters is 1. The van der Waals surface area contributed by atoms with Gasteiger partial charge in [-0.1, -0.05) is 17.7 Å². The Balaban J connectivity index is 1.82. The molecule has 0 saturated carbocycles. The van der Waals surface area contributed by atoms with Gasteiger partial charge in [-0.15, -0.1) is 0 Å². The molecule has 1 heterocycles. The number of carbonyl (C=O) groups is 3. The first-order chi connectivity index (χ1) is 14.4. The van der Waals surface area contributed by atoms with E-state index in [-0.39, 0.29) is 23.4 Å². The number of rotatable bonds is 6. The van der Waals surface area contributed by atoms with Crippen LogP contribution in [0.15, 0.2) is 42.5 Å². The number of benzene rings is 2. The van der Waals surface area contributed by atoms with Crippen LogP contribution in [0, 0.1) is 5.92 Å². The van der Waals surface area contributed by atoms with Gasteiger partial charge >= 0.3 is 11.9 Å². The predicted octanol–water partition coefficient (Wildman–Crippen LogP) is 4.07. The summed E-state index contributed by atoms with van der Waals surface area (Å²) in [7, 11) is 0. The van der Waals surface area contributed by atoms with E-state index >= 15 is 0 Å². The van der Waals surface area contributed by atoms with Crippen molar-refractivity contribution in [2.24, 2.45) is 5.92 Å². The van der Waals surface area contributed by atoms with Gasteiger partial charge in [-0.2, -0.15) is 0 Å². The number of anilines is 2. The van der Waals surface area contributed by atoms with E-state index < -0.39 is 5.97 Å². The molecule has 2 aromatic carbocycles. The molecule has 0 unspecified atom stereocenters. The van der Waals surface area contributed by atoms with E-state index in [2.05, 4.69) is 5.32 Å². The second-order valence-corrected chi connectivity index (χ2v) is 7.45. The van der Waals surface area contributed by atoms with Gasteiger partial charge in [-0.05, 0) is 56.2 Å². The van der Waals surface area contributed by atoms with E-state index in [0.29, 0.717) is 54.5 Å². The number of piperidine rings is 1. The lowest BCUT2D eigenvalue weighted by Gasteiger charge is -2.34. The van der Waals surface area contributed by atoms with Crippen LogP contribution in [0.4, 0.5) is 11.4 Å². The second-order valence-electron chi connectivity index (χ2n) is 7.01. The number of nitrogens with one attached hydrogen (secondary N) is 1. The van der Waals surface area contributed by atoms with Crippen LogP contribution in [0.1, 0.15) is 40.5 Å². The molecule has 0 atom stereocenters. The van der Waals surface area contributed by atoms with Crippen molar-refractivity contribution in [3.8, 4) is 0 Å². The molecule has 0 bridgehead atoms. The highest BCUT2D eigenvalue weighted by atomic mass is 35.5. The SMILES string of the molecule is CCOC(=O)C1CCN(c2ccc(C(=O)O)cc2NC(=O)c2cccc(Cl)c2)CC1. The van der Waals surface area contributed by atoms with E-state index in [1.165, 1.54) is 12.1 Å². The van der Waals surface area contributed by atoms with Crippen molar-refractivity contribution in [1.29, 1.82) is 0 Å². The van der Waals surface area contributed by atoms with Crippen LogP contribution in [-0.4, -0.2) is 42.6 Å². The van der Waals surface area contributed by atoms with Crippen LogP contribution in [0.2, 0.25) is 5.02 Å². The van der Waals surface area contributed by atoms with Gasteiger partial charge in [0.15, 0.2) is 0 Å². The first-order valence-electron chi connectivity index (χ1n) is 9.75. The van der Waals surface area contributed by atoms with Gasteiger partial charge < -0.3 is 20.1 Å². The summed E-state index contributed by atoms with van der Waals surface area (Å²) in [6, 6.07) is 11.1. The first-order valence-corrected chi connectivity index (χ1v) is 10.1. The molecule has 158 valence electrons. The fraction of sp³-hybridized carbons (Fsp3) is 0.318.